The van der Waals surface area contributed by atoms with Gasteiger partial charge in [0.25, 0.3) is 0 Å². The molecule has 0 aliphatic heterocycles. The van der Waals surface area contributed by atoms with Crippen molar-refractivity contribution in [2.75, 3.05) is 6.61 Å². The molecule has 84 valence electrons. The van der Waals surface area contributed by atoms with Gasteiger partial charge in [-0.15, -0.1) is 0 Å². The number of rotatable bonds is 7. The third-order valence-electron chi connectivity index (χ3n) is 3.41. The van der Waals surface area contributed by atoms with Gasteiger partial charge in [-0.25, -0.2) is 0 Å². The molecule has 0 spiro atoms. The van der Waals surface area contributed by atoms with E-state index in [1.807, 2.05) is 6.92 Å². The van der Waals surface area contributed by atoms with Crippen LogP contribution in [-0.4, -0.2) is 25.8 Å². The van der Waals surface area contributed by atoms with Crippen molar-refractivity contribution in [3.8, 4) is 0 Å². The predicted octanol–water partition coefficient (Wildman–Crippen LogP) is 3.45. The van der Waals surface area contributed by atoms with Crippen LogP contribution in [0.2, 0.25) is 21.0 Å². The van der Waals surface area contributed by atoms with E-state index in [-0.39, 0.29) is 5.97 Å². The number of hydrogen-bond donors (Lipinski definition) is 0. The number of carbonyl (C=O) groups excluding carboxylic acids is 1. The third kappa shape index (κ3) is 4.49. The van der Waals surface area contributed by atoms with E-state index >= 15 is 0 Å². The molecule has 0 bridgehead atoms. The first-order valence-corrected chi connectivity index (χ1v) is 11.7. The van der Waals surface area contributed by atoms with E-state index in [2.05, 4.69) is 20.8 Å². The normalized spacial score (nSPS) is 11.4. The van der Waals surface area contributed by atoms with E-state index < -0.39 is 13.3 Å². The summed E-state index contributed by atoms with van der Waals surface area (Å²) in [7, 11) is 0. The molecule has 0 aliphatic rings. The number of hydrogen-bond acceptors (Lipinski definition) is 2. The molecule has 0 aromatic rings. The molecule has 0 radical (unpaired) electrons. The summed E-state index contributed by atoms with van der Waals surface area (Å²) < 4.78 is 4.96. The molecule has 14 heavy (non-hydrogen) atoms. The molecule has 0 saturated heterocycles. The van der Waals surface area contributed by atoms with Crippen molar-refractivity contribution in [3.63, 3.8) is 0 Å². The summed E-state index contributed by atoms with van der Waals surface area (Å²) in [4.78, 5) is 11.2. The molecule has 0 N–H and O–H groups in total. The molecule has 0 unspecified atom stereocenters. The van der Waals surface area contributed by atoms with Crippen LogP contribution in [-0.2, 0) is 9.53 Å². The molecule has 0 heterocycles. The minimum absolute atomic E-state index is 0.00199. The summed E-state index contributed by atoms with van der Waals surface area (Å²) in [5, 5.41) is 5.17. The van der Waals surface area contributed by atoms with Crippen LogP contribution < -0.4 is 0 Å². The van der Waals surface area contributed by atoms with Crippen LogP contribution in [0.5, 0.6) is 0 Å². The standard InChI is InChI=1S/C11H24GeO2/c1-5-12(6-2,7-3)10-9-11(13)14-8-4/h5-10H2,1-4H3. The van der Waals surface area contributed by atoms with E-state index in [0.29, 0.717) is 13.0 Å². The molecule has 0 aromatic heterocycles. The van der Waals surface area contributed by atoms with Gasteiger partial charge in [0.05, 0.1) is 0 Å². The number of esters is 1. The molecule has 0 aromatic carbocycles. The SMILES string of the molecule is CCOC(=O)C[CH2][Ge]([CH2]C)([CH2]C)[CH2]C. The third-order valence-corrected chi connectivity index (χ3v) is 15.6. The van der Waals surface area contributed by atoms with E-state index in [1.54, 1.807) is 0 Å². The molecular formula is C11H24GeO2. The molecule has 2 nitrogen and oxygen atoms in total. The van der Waals surface area contributed by atoms with E-state index in [1.165, 1.54) is 15.8 Å². The monoisotopic (exact) mass is 262 g/mol. The van der Waals surface area contributed by atoms with Gasteiger partial charge in [0.15, 0.2) is 0 Å². The van der Waals surface area contributed by atoms with Crippen LogP contribution in [0.3, 0.4) is 0 Å². The van der Waals surface area contributed by atoms with E-state index in [4.69, 9.17) is 4.74 Å². The average Bonchev–Trinajstić information content (AvgIpc) is 2.21. The van der Waals surface area contributed by atoms with Gasteiger partial charge in [0.1, 0.15) is 0 Å². The molecular weight excluding hydrogens is 237 g/mol. The van der Waals surface area contributed by atoms with Gasteiger partial charge in [-0.2, -0.15) is 0 Å². The molecule has 0 fully saturated rings. The van der Waals surface area contributed by atoms with Crippen LogP contribution in [0.15, 0.2) is 0 Å². The summed E-state index contributed by atoms with van der Waals surface area (Å²) >= 11 is -1.62. The van der Waals surface area contributed by atoms with Gasteiger partial charge in [-0.05, 0) is 0 Å². The number of carbonyl (C=O) groups is 1. The van der Waals surface area contributed by atoms with Gasteiger partial charge in [0.2, 0.25) is 0 Å². The zero-order valence-electron chi connectivity index (χ0n) is 10.1. The Bertz CT molecular complexity index is 156. The maximum atomic E-state index is 11.2. The molecule has 3 heteroatoms. The van der Waals surface area contributed by atoms with Crippen molar-refractivity contribution in [1.82, 2.24) is 0 Å². The second-order valence-electron chi connectivity index (χ2n) is 3.87. The topological polar surface area (TPSA) is 26.3 Å². The maximum absolute atomic E-state index is 11.2. The second-order valence-corrected chi connectivity index (χ2v) is 15.7. The van der Waals surface area contributed by atoms with Crippen LogP contribution in [0.25, 0.3) is 0 Å². The summed E-state index contributed by atoms with van der Waals surface area (Å²) in [6.07, 6.45) is 0.656. The molecule has 0 saturated carbocycles. The Morgan fingerprint density at radius 2 is 1.57 bits per heavy atom. The Hall–Kier alpha value is 0.0129. The summed E-state index contributed by atoms with van der Waals surface area (Å²) in [5.74, 6) is -0.00199. The molecule has 0 amide bonds. The summed E-state index contributed by atoms with van der Waals surface area (Å²) in [5.41, 5.74) is 0. The number of ether oxygens (including phenoxy) is 1. The van der Waals surface area contributed by atoms with Gasteiger partial charge in [-0.3, -0.25) is 0 Å². The van der Waals surface area contributed by atoms with Crippen molar-refractivity contribution in [2.24, 2.45) is 0 Å². The quantitative estimate of drug-likeness (QED) is 0.518. The fourth-order valence-electron chi connectivity index (χ4n) is 1.88. The van der Waals surface area contributed by atoms with Crippen molar-refractivity contribution >= 4 is 19.2 Å². The second kappa shape index (κ2) is 7.32. The van der Waals surface area contributed by atoms with Crippen molar-refractivity contribution < 1.29 is 9.53 Å². The average molecular weight is 261 g/mol. The Morgan fingerprint density at radius 1 is 1.07 bits per heavy atom. The van der Waals surface area contributed by atoms with Crippen molar-refractivity contribution in [1.29, 1.82) is 0 Å². The zero-order chi connectivity index (χ0) is 11.0. The Kier molecular flexibility index (Phi) is 7.33. The van der Waals surface area contributed by atoms with Crippen LogP contribution in [0, 0.1) is 0 Å². The molecule has 0 atom stereocenters. The first kappa shape index (κ1) is 14.0. The van der Waals surface area contributed by atoms with Gasteiger partial charge in [0, 0.05) is 0 Å². The van der Waals surface area contributed by atoms with Gasteiger partial charge >= 0.3 is 90.5 Å². The molecule has 0 aliphatic carbocycles. The Morgan fingerprint density at radius 3 is 1.93 bits per heavy atom. The fraction of sp³-hybridized carbons (Fsp3) is 0.909. The van der Waals surface area contributed by atoms with Crippen molar-refractivity contribution in [3.05, 3.63) is 0 Å². The Balaban J connectivity index is 3.99. The van der Waals surface area contributed by atoms with E-state index in [9.17, 15) is 4.79 Å². The minimum atomic E-state index is -1.62. The fourth-order valence-corrected chi connectivity index (χ4v) is 8.79. The zero-order valence-corrected chi connectivity index (χ0v) is 12.2. The first-order valence-electron chi connectivity index (χ1n) is 5.79. The van der Waals surface area contributed by atoms with Gasteiger partial charge in [-0.1, -0.05) is 0 Å². The first-order chi connectivity index (χ1) is 6.64. The van der Waals surface area contributed by atoms with Crippen LogP contribution >= 0.6 is 0 Å². The molecule has 0 rings (SSSR count). The Labute approximate surface area is 90.8 Å². The van der Waals surface area contributed by atoms with Gasteiger partial charge < -0.3 is 0 Å². The summed E-state index contributed by atoms with van der Waals surface area (Å²) in [6, 6.07) is 0. The van der Waals surface area contributed by atoms with Crippen LogP contribution in [0.1, 0.15) is 34.1 Å². The predicted molar refractivity (Wildman–Crippen MR) is 63.3 cm³/mol. The van der Waals surface area contributed by atoms with Crippen LogP contribution in [0.4, 0.5) is 0 Å². The summed E-state index contributed by atoms with van der Waals surface area (Å²) in [6.45, 7) is 9.25. The van der Waals surface area contributed by atoms with E-state index in [0.717, 1.165) is 5.25 Å². The van der Waals surface area contributed by atoms with Crippen molar-refractivity contribution in [2.45, 2.75) is 55.1 Å².